The normalized spacial score (nSPS) is 17.2. The van der Waals surface area contributed by atoms with E-state index in [2.05, 4.69) is 10.1 Å². The first-order valence-corrected chi connectivity index (χ1v) is 3.80. The molecule has 1 aliphatic heterocycles. The molecule has 0 bridgehead atoms. The van der Waals surface area contributed by atoms with Gasteiger partial charge in [-0.15, -0.1) is 0 Å². The maximum atomic E-state index is 10.3. The molecule has 0 saturated carbocycles. The molecule has 0 spiro atoms. The van der Waals surface area contributed by atoms with Crippen molar-refractivity contribution in [3.63, 3.8) is 0 Å². The van der Waals surface area contributed by atoms with Gasteiger partial charge in [0.2, 0.25) is 0 Å². The maximum absolute atomic E-state index is 10.3. The molecule has 1 fully saturated rings. The SMILES string of the molecule is CC.O=C1NCCCCO1. The molecule has 1 N–H and O–H groups in total. The van der Waals surface area contributed by atoms with Crippen molar-refractivity contribution in [2.24, 2.45) is 0 Å². The minimum Gasteiger partial charge on any atom is -0.450 e. The zero-order valence-electron chi connectivity index (χ0n) is 6.64. The smallest absolute Gasteiger partial charge is 0.407 e. The second-order valence-electron chi connectivity index (χ2n) is 1.77. The highest BCUT2D eigenvalue weighted by atomic mass is 16.5. The van der Waals surface area contributed by atoms with Gasteiger partial charge in [0.15, 0.2) is 0 Å². The van der Waals surface area contributed by atoms with E-state index in [9.17, 15) is 4.79 Å². The van der Waals surface area contributed by atoms with Crippen molar-refractivity contribution in [2.45, 2.75) is 26.7 Å². The van der Waals surface area contributed by atoms with Crippen molar-refractivity contribution >= 4 is 6.09 Å². The zero-order chi connectivity index (χ0) is 7.82. The monoisotopic (exact) mass is 145 g/mol. The van der Waals surface area contributed by atoms with Crippen LogP contribution in [0.4, 0.5) is 4.79 Å². The molecule has 1 aliphatic rings. The molecule has 1 heterocycles. The second-order valence-corrected chi connectivity index (χ2v) is 1.77. The van der Waals surface area contributed by atoms with Crippen LogP contribution in [0.25, 0.3) is 0 Å². The van der Waals surface area contributed by atoms with Gasteiger partial charge < -0.3 is 10.1 Å². The summed E-state index contributed by atoms with van der Waals surface area (Å²) in [5, 5.41) is 2.58. The number of carbonyl (C=O) groups is 1. The average Bonchev–Trinajstić information content (AvgIpc) is 2.21. The quantitative estimate of drug-likeness (QED) is 0.561. The van der Waals surface area contributed by atoms with E-state index in [1.165, 1.54) is 0 Å². The van der Waals surface area contributed by atoms with Gasteiger partial charge in [-0.1, -0.05) is 13.8 Å². The van der Waals surface area contributed by atoms with E-state index >= 15 is 0 Å². The first-order chi connectivity index (χ1) is 4.89. The Labute approximate surface area is 61.8 Å². The van der Waals surface area contributed by atoms with Crippen LogP contribution in [0, 0.1) is 0 Å². The third-order valence-corrected chi connectivity index (χ3v) is 1.07. The number of cyclic esters (lactones) is 1. The topological polar surface area (TPSA) is 38.3 Å². The van der Waals surface area contributed by atoms with Gasteiger partial charge in [-0.2, -0.15) is 0 Å². The van der Waals surface area contributed by atoms with Crippen molar-refractivity contribution < 1.29 is 9.53 Å². The minimum absolute atomic E-state index is 0.275. The molecule has 1 rings (SSSR count). The van der Waals surface area contributed by atoms with Crippen LogP contribution < -0.4 is 5.32 Å². The van der Waals surface area contributed by atoms with E-state index in [-0.39, 0.29) is 6.09 Å². The highest BCUT2D eigenvalue weighted by molar-refractivity contribution is 5.67. The van der Waals surface area contributed by atoms with E-state index in [4.69, 9.17) is 0 Å². The molecule has 0 atom stereocenters. The van der Waals surface area contributed by atoms with Gasteiger partial charge in [-0.3, -0.25) is 0 Å². The van der Waals surface area contributed by atoms with Crippen LogP contribution in [0.2, 0.25) is 0 Å². The predicted octanol–water partition coefficient (Wildman–Crippen LogP) is 1.53. The van der Waals surface area contributed by atoms with Crippen LogP contribution in [0.5, 0.6) is 0 Å². The molecule has 10 heavy (non-hydrogen) atoms. The van der Waals surface area contributed by atoms with Crippen molar-refractivity contribution in [1.29, 1.82) is 0 Å². The lowest BCUT2D eigenvalue weighted by Gasteiger charge is -1.95. The van der Waals surface area contributed by atoms with E-state index in [1.54, 1.807) is 0 Å². The molecule has 0 aromatic rings. The highest BCUT2D eigenvalue weighted by Crippen LogP contribution is 1.93. The van der Waals surface area contributed by atoms with Crippen molar-refractivity contribution in [2.75, 3.05) is 13.2 Å². The first kappa shape index (κ1) is 9.27. The minimum atomic E-state index is -0.275. The molecular formula is C7H15NO2. The standard InChI is InChI=1S/C5H9NO2.C2H6/c7-5-6-3-1-2-4-8-5;1-2/h1-4H2,(H,6,7);1-2H3. The number of rotatable bonds is 0. The number of ether oxygens (including phenoxy) is 1. The lowest BCUT2D eigenvalue weighted by atomic mass is 10.3. The fourth-order valence-electron chi connectivity index (χ4n) is 0.633. The van der Waals surface area contributed by atoms with Crippen LogP contribution in [0.15, 0.2) is 0 Å². The zero-order valence-corrected chi connectivity index (χ0v) is 6.64. The predicted molar refractivity (Wildman–Crippen MR) is 39.9 cm³/mol. The van der Waals surface area contributed by atoms with E-state index < -0.39 is 0 Å². The van der Waals surface area contributed by atoms with Crippen LogP contribution in [-0.2, 0) is 4.74 Å². The molecular weight excluding hydrogens is 130 g/mol. The molecule has 0 aromatic carbocycles. The first-order valence-electron chi connectivity index (χ1n) is 3.80. The third kappa shape index (κ3) is 4.18. The van der Waals surface area contributed by atoms with Crippen LogP contribution in [0.3, 0.4) is 0 Å². The Balaban J connectivity index is 0.000000371. The van der Waals surface area contributed by atoms with Crippen LogP contribution in [-0.4, -0.2) is 19.2 Å². The van der Waals surface area contributed by atoms with Crippen molar-refractivity contribution in [3.05, 3.63) is 0 Å². The molecule has 3 nitrogen and oxygen atoms in total. The number of amides is 1. The summed E-state index contributed by atoms with van der Waals surface area (Å²) in [7, 11) is 0. The summed E-state index contributed by atoms with van der Waals surface area (Å²) >= 11 is 0. The molecule has 0 unspecified atom stereocenters. The Bertz CT molecular complexity index is 83.6. The number of hydrogen-bond acceptors (Lipinski definition) is 2. The van der Waals surface area contributed by atoms with Gasteiger partial charge >= 0.3 is 6.09 Å². The number of nitrogens with one attached hydrogen (secondary N) is 1. The summed E-state index contributed by atoms with van der Waals surface area (Å²) in [6, 6.07) is 0. The lowest BCUT2D eigenvalue weighted by molar-refractivity contribution is 0.153. The van der Waals surface area contributed by atoms with Crippen LogP contribution in [0.1, 0.15) is 26.7 Å². The molecule has 1 saturated heterocycles. The summed E-state index contributed by atoms with van der Waals surface area (Å²) in [5.74, 6) is 0. The highest BCUT2D eigenvalue weighted by Gasteiger charge is 2.03. The van der Waals surface area contributed by atoms with E-state index in [0.29, 0.717) is 6.61 Å². The Morgan fingerprint density at radius 1 is 1.40 bits per heavy atom. The fraction of sp³-hybridized carbons (Fsp3) is 0.857. The number of carbonyl (C=O) groups excluding carboxylic acids is 1. The summed E-state index contributed by atoms with van der Waals surface area (Å²) in [4.78, 5) is 10.3. The Hall–Kier alpha value is -0.730. The fourth-order valence-corrected chi connectivity index (χ4v) is 0.633. The maximum Gasteiger partial charge on any atom is 0.407 e. The van der Waals surface area contributed by atoms with Crippen molar-refractivity contribution in [3.8, 4) is 0 Å². The van der Waals surface area contributed by atoms with Gasteiger partial charge in [0.1, 0.15) is 0 Å². The van der Waals surface area contributed by atoms with Gasteiger partial charge in [0.25, 0.3) is 0 Å². The third-order valence-electron chi connectivity index (χ3n) is 1.07. The molecule has 0 aliphatic carbocycles. The van der Waals surface area contributed by atoms with Crippen LogP contribution >= 0.6 is 0 Å². The van der Waals surface area contributed by atoms with Crippen molar-refractivity contribution in [1.82, 2.24) is 5.32 Å². The summed E-state index contributed by atoms with van der Waals surface area (Å²) in [6.45, 7) is 5.34. The Morgan fingerprint density at radius 3 is 2.80 bits per heavy atom. The summed E-state index contributed by atoms with van der Waals surface area (Å²) in [5.41, 5.74) is 0. The molecule has 3 heteroatoms. The van der Waals surface area contributed by atoms with E-state index in [1.807, 2.05) is 13.8 Å². The van der Waals surface area contributed by atoms with E-state index in [0.717, 1.165) is 19.4 Å². The Morgan fingerprint density at radius 2 is 2.10 bits per heavy atom. The molecule has 0 radical (unpaired) electrons. The van der Waals surface area contributed by atoms with Gasteiger partial charge in [-0.25, -0.2) is 4.79 Å². The second kappa shape index (κ2) is 6.39. The summed E-state index contributed by atoms with van der Waals surface area (Å²) < 4.78 is 4.65. The molecule has 1 amide bonds. The average molecular weight is 145 g/mol. The Kier molecular flexibility index (Phi) is 5.92. The number of hydrogen-bond donors (Lipinski definition) is 1. The summed E-state index contributed by atoms with van der Waals surface area (Å²) in [6.07, 6.45) is 1.74. The lowest BCUT2D eigenvalue weighted by Crippen LogP contribution is -2.21. The largest absolute Gasteiger partial charge is 0.450 e. The molecule has 60 valence electrons. The van der Waals surface area contributed by atoms with Gasteiger partial charge in [0, 0.05) is 6.54 Å². The van der Waals surface area contributed by atoms with Gasteiger partial charge in [-0.05, 0) is 12.8 Å². The molecule has 0 aromatic heterocycles. The van der Waals surface area contributed by atoms with Gasteiger partial charge in [0.05, 0.1) is 6.61 Å². The number of alkyl carbamates (subject to hydrolysis) is 1.